The Morgan fingerprint density at radius 2 is 1.85 bits per heavy atom. The van der Waals surface area contributed by atoms with Crippen LogP contribution in [0.25, 0.3) is 5.76 Å². The number of aliphatic hydroxyl groups excluding tert-OH is 1. The lowest BCUT2D eigenvalue weighted by atomic mass is 9.95. The third kappa shape index (κ3) is 4.38. The molecule has 0 radical (unpaired) electrons. The fourth-order valence-electron chi connectivity index (χ4n) is 4.07. The summed E-state index contributed by atoms with van der Waals surface area (Å²) in [6.45, 7) is 4.85. The van der Waals surface area contributed by atoms with Crippen molar-refractivity contribution in [2.75, 3.05) is 33.5 Å². The molecular weight excluding hydrogens is 442 g/mol. The van der Waals surface area contributed by atoms with Gasteiger partial charge in [-0.3, -0.25) is 9.59 Å². The molecule has 0 spiro atoms. The van der Waals surface area contributed by atoms with Crippen LogP contribution in [0.2, 0.25) is 0 Å². The highest BCUT2D eigenvalue weighted by atomic mass is 16.6. The first kappa shape index (κ1) is 23.4. The van der Waals surface area contributed by atoms with Gasteiger partial charge in [0.1, 0.15) is 19.0 Å². The average Bonchev–Trinajstić information content (AvgIpc) is 3.08. The highest BCUT2D eigenvalue weighted by Gasteiger charge is 2.46. The maximum absolute atomic E-state index is 13.1. The zero-order valence-electron chi connectivity index (χ0n) is 19.2. The molecule has 2 aromatic rings. The largest absolute Gasteiger partial charge is 0.507 e. The Morgan fingerprint density at radius 3 is 2.53 bits per heavy atom. The summed E-state index contributed by atoms with van der Waals surface area (Å²) in [5, 5.41) is 21.6. The lowest BCUT2D eigenvalue weighted by Crippen LogP contribution is -2.33. The topological polar surface area (TPSA) is 115 Å². The van der Waals surface area contributed by atoms with Gasteiger partial charge in [0.25, 0.3) is 11.7 Å². The zero-order valence-corrected chi connectivity index (χ0v) is 19.2. The normalized spacial score (nSPS) is 19.1. The van der Waals surface area contributed by atoms with Gasteiger partial charge in [0.15, 0.2) is 23.0 Å². The maximum Gasteiger partial charge on any atom is 0.295 e. The molecular formula is C25H27NO8. The molecule has 2 aliphatic heterocycles. The van der Waals surface area contributed by atoms with Crippen molar-refractivity contribution in [3.05, 3.63) is 53.1 Å². The fraction of sp³-hybridized carbons (Fsp3) is 0.360. The number of ether oxygens (including phenoxy) is 4. The van der Waals surface area contributed by atoms with Crippen LogP contribution in [0.5, 0.6) is 23.0 Å². The molecule has 0 aromatic heterocycles. The van der Waals surface area contributed by atoms with Crippen molar-refractivity contribution >= 4 is 17.4 Å². The van der Waals surface area contributed by atoms with Crippen molar-refractivity contribution in [2.45, 2.75) is 26.0 Å². The molecule has 1 atom stereocenters. The molecule has 0 aliphatic carbocycles. The van der Waals surface area contributed by atoms with E-state index in [1.165, 1.54) is 18.1 Å². The molecule has 1 saturated heterocycles. The van der Waals surface area contributed by atoms with Crippen molar-refractivity contribution < 1.29 is 38.7 Å². The van der Waals surface area contributed by atoms with E-state index in [0.29, 0.717) is 35.8 Å². The van der Waals surface area contributed by atoms with E-state index in [1.54, 1.807) is 30.3 Å². The molecule has 0 bridgehead atoms. The summed E-state index contributed by atoms with van der Waals surface area (Å²) in [5.41, 5.74) is 0.667. The Bertz CT molecular complexity index is 1140. The van der Waals surface area contributed by atoms with E-state index in [0.717, 1.165) is 0 Å². The van der Waals surface area contributed by atoms with Gasteiger partial charge in [-0.2, -0.15) is 0 Å². The minimum Gasteiger partial charge on any atom is -0.507 e. The van der Waals surface area contributed by atoms with E-state index in [4.69, 9.17) is 18.9 Å². The number of fused-ring (bicyclic) bond motifs is 1. The first-order chi connectivity index (χ1) is 16.3. The number of carbonyl (C=O) groups excluding carboxylic acids is 2. The number of nitrogens with zero attached hydrogens (tertiary/aromatic N) is 1. The van der Waals surface area contributed by atoms with Crippen LogP contribution in [0.15, 0.2) is 42.0 Å². The number of hydrogen-bond acceptors (Lipinski definition) is 8. The second-order valence-corrected chi connectivity index (χ2v) is 8.20. The number of amides is 1. The molecule has 9 nitrogen and oxygen atoms in total. The molecule has 2 heterocycles. The Labute approximate surface area is 197 Å². The highest BCUT2D eigenvalue weighted by Crippen LogP contribution is 2.42. The summed E-state index contributed by atoms with van der Waals surface area (Å²) < 4.78 is 21.8. The van der Waals surface area contributed by atoms with Crippen molar-refractivity contribution in [3.8, 4) is 23.0 Å². The van der Waals surface area contributed by atoms with Crippen LogP contribution in [0.3, 0.4) is 0 Å². The highest BCUT2D eigenvalue weighted by molar-refractivity contribution is 6.46. The van der Waals surface area contributed by atoms with Crippen LogP contribution in [-0.4, -0.2) is 66.4 Å². The van der Waals surface area contributed by atoms with Gasteiger partial charge >= 0.3 is 0 Å². The molecule has 0 saturated carbocycles. The van der Waals surface area contributed by atoms with Crippen molar-refractivity contribution in [1.82, 2.24) is 4.90 Å². The van der Waals surface area contributed by atoms with Gasteiger partial charge < -0.3 is 34.1 Å². The number of likely N-dealkylation sites (tertiary alicyclic amines) is 1. The first-order valence-electron chi connectivity index (χ1n) is 11.0. The summed E-state index contributed by atoms with van der Waals surface area (Å²) in [5.74, 6) is -0.856. The van der Waals surface area contributed by atoms with Crippen LogP contribution in [-0.2, 0) is 14.3 Å². The van der Waals surface area contributed by atoms with Crippen molar-refractivity contribution in [1.29, 1.82) is 0 Å². The standard InChI is InChI=1S/C25H27NO8/c1-14(2)32-9-8-26-22(15-4-6-18(31-3)17(27)12-15)21(24(29)25(26)30)23(28)16-5-7-19-20(13-16)34-11-10-33-19/h4-7,12-14,22,27-28H,8-11H2,1-3H3/b23-21-. The van der Waals surface area contributed by atoms with Gasteiger partial charge in [-0.25, -0.2) is 0 Å². The van der Waals surface area contributed by atoms with Crippen molar-refractivity contribution in [2.24, 2.45) is 0 Å². The number of methoxy groups -OCH3 is 1. The van der Waals surface area contributed by atoms with Crippen LogP contribution in [0, 0.1) is 0 Å². The summed E-state index contributed by atoms with van der Waals surface area (Å²) in [7, 11) is 1.42. The predicted molar refractivity (Wildman–Crippen MR) is 122 cm³/mol. The van der Waals surface area contributed by atoms with Gasteiger partial charge in [0.2, 0.25) is 0 Å². The fourth-order valence-corrected chi connectivity index (χ4v) is 4.07. The molecule has 1 unspecified atom stereocenters. The van der Waals surface area contributed by atoms with Crippen LogP contribution >= 0.6 is 0 Å². The molecule has 1 amide bonds. The third-order valence-corrected chi connectivity index (χ3v) is 5.66. The van der Waals surface area contributed by atoms with Crippen LogP contribution in [0.1, 0.15) is 31.0 Å². The van der Waals surface area contributed by atoms with Crippen LogP contribution < -0.4 is 14.2 Å². The average molecular weight is 469 g/mol. The summed E-state index contributed by atoms with van der Waals surface area (Å²) in [4.78, 5) is 27.5. The van der Waals surface area contributed by atoms with E-state index in [1.807, 2.05) is 13.8 Å². The Kier molecular flexibility index (Phi) is 6.65. The Hall–Kier alpha value is -3.72. The van der Waals surface area contributed by atoms with Gasteiger partial charge in [0, 0.05) is 12.1 Å². The number of phenolic OH excluding ortho intramolecular Hbond substituents is 1. The second kappa shape index (κ2) is 9.64. The molecule has 4 rings (SSSR count). The molecule has 34 heavy (non-hydrogen) atoms. The first-order valence-corrected chi connectivity index (χ1v) is 11.0. The number of carbonyl (C=O) groups is 2. The molecule has 180 valence electrons. The zero-order chi connectivity index (χ0) is 24.4. The summed E-state index contributed by atoms with van der Waals surface area (Å²) in [6, 6.07) is 8.48. The van der Waals surface area contributed by atoms with E-state index in [-0.39, 0.29) is 42.1 Å². The number of rotatable bonds is 7. The number of Topliss-reactive ketones (excluding diaryl/α,β-unsaturated/α-hetero) is 1. The number of aliphatic hydroxyl groups is 1. The lowest BCUT2D eigenvalue weighted by Gasteiger charge is -2.26. The number of benzene rings is 2. The minimum absolute atomic E-state index is 0.0574. The molecule has 2 N–H and O–H groups in total. The molecule has 2 aliphatic rings. The summed E-state index contributed by atoms with van der Waals surface area (Å²) in [6.07, 6.45) is -0.0574. The third-order valence-electron chi connectivity index (χ3n) is 5.66. The Morgan fingerprint density at radius 1 is 1.12 bits per heavy atom. The number of hydrogen-bond donors (Lipinski definition) is 2. The van der Waals surface area contributed by atoms with Gasteiger partial charge in [-0.1, -0.05) is 6.07 Å². The minimum atomic E-state index is -0.930. The van der Waals surface area contributed by atoms with E-state index in [2.05, 4.69) is 0 Å². The predicted octanol–water partition coefficient (Wildman–Crippen LogP) is 3.02. The lowest BCUT2D eigenvalue weighted by molar-refractivity contribution is -0.140. The maximum atomic E-state index is 13.1. The smallest absolute Gasteiger partial charge is 0.295 e. The summed E-state index contributed by atoms with van der Waals surface area (Å²) >= 11 is 0. The van der Waals surface area contributed by atoms with Gasteiger partial charge in [-0.05, 0) is 49.7 Å². The van der Waals surface area contributed by atoms with Crippen molar-refractivity contribution in [3.63, 3.8) is 0 Å². The van der Waals surface area contributed by atoms with Crippen LogP contribution in [0.4, 0.5) is 0 Å². The van der Waals surface area contributed by atoms with Gasteiger partial charge in [-0.15, -0.1) is 0 Å². The molecule has 1 fully saturated rings. The second-order valence-electron chi connectivity index (χ2n) is 8.20. The number of ketones is 1. The quantitative estimate of drug-likeness (QED) is 0.361. The molecule has 2 aromatic carbocycles. The van der Waals surface area contributed by atoms with E-state index in [9.17, 15) is 19.8 Å². The number of aromatic hydroxyl groups is 1. The SMILES string of the molecule is COc1ccc(C2/C(=C(/O)c3ccc4c(c3)OCCO4)C(=O)C(=O)N2CCOC(C)C)cc1O. The van der Waals surface area contributed by atoms with E-state index >= 15 is 0 Å². The Balaban J connectivity index is 1.80. The monoisotopic (exact) mass is 469 g/mol. The van der Waals surface area contributed by atoms with Gasteiger partial charge in [0.05, 0.1) is 31.4 Å². The number of phenols is 1. The molecule has 9 heteroatoms. The van der Waals surface area contributed by atoms with E-state index < -0.39 is 17.7 Å².